The monoisotopic (exact) mass is 240 g/mol. The molecule has 3 nitrogen and oxygen atoms in total. The molecule has 0 aliphatic carbocycles. The molecule has 0 N–H and O–H groups in total. The molecule has 15 heavy (non-hydrogen) atoms. The van der Waals surface area contributed by atoms with Gasteiger partial charge in [-0.3, -0.25) is 4.18 Å². The smallest absolute Gasteiger partial charge is 0.360 e. The second-order valence-electron chi connectivity index (χ2n) is 2.39. The van der Waals surface area contributed by atoms with Crippen LogP contribution in [0.1, 0.15) is 6.92 Å². The predicted octanol–water partition coefficient (Wildman–Crippen LogP) is 2.10. The lowest BCUT2D eigenvalue weighted by Gasteiger charge is -2.05. The molecule has 0 saturated heterocycles. The summed E-state index contributed by atoms with van der Waals surface area (Å²) in [6.07, 6.45) is 0. The van der Waals surface area contributed by atoms with Crippen LogP contribution in [0, 0.1) is 17.5 Å². The Morgan fingerprint density at radius 2 is 1.80 bits per heavy atom. The normalized spacial score (nSPS) is 12.5. The first kappa shape index (κ1) is 12.0. The minimum atomic E-state index is -2.30. The standard InChI is InChI=1S/C8H7F3O3S/c1-2-13-15(12)14-8-6(10)3-5(9)4-7(8)11/h3-4H,2H2,1H3. The fourth-order valence-corrected chi connectivity index (χ4v) is 1.33. The molecule has 0 amide bonds. The third-order valence-electron chi connectivity index (χ3n) is 1.33. The summed E-state index contributed by atoms with van der Waals surface area (Å²) in [5, 5.41) is 0. The highest BCUT2D eigenvalue weighted by Gasteiger charge is 2.16. The molecule has 84 valence electrons. The summed E-state index contributed by atoms with van der Waals surface area (Å²) in [5.74, 6) is -4.57. The van der Waals surface area contributed by atoms with Crippen molar-refractivity contribution in [3.05, 3.63) is 29.6 Å². The second-order valence-corrected chi connectivity index (χ2v) is 3.20. The molecule has 1 aromatic rings. The average Bonchev–Trinajstić information content (AvgIpc) is 2.11. The molecule has 0 aromatic heterocycles. The highest BCUT2D eigenvalue weighted by Crippen LogP contribution is 2.23. The fourth-order valence-electron chi connectivity index (χ4n) is 0.797. The van der Waals surface area contributed by atoms with E-state index in [0.29, 0.717) is 12.1 Å². The van der Waals surface area contributed by atoms with Crippen LogP contribution in [0.15, 0.2) is 12.1 Å². The number of rotatable bonds is 4. The van der Waals surface area contributed by atoms with Gasteiger partial charge in [0.2, 0.25) is 5.75 Å². The van der Waals surface area contributed by atoms with Gasteiger partial charge in [-0.2, -0.15) is 4.21 Å². The number of halogens is 3. The van der Waals surface area contributed by atoms with Crippen LogP contribution in [0.5, 0.6) is 5.75 Å². The lowest BCUT2D eigenvalue weighted by molar-refractivity contribution is 0.320. The quantitative estimate of drug-likeness (QED) is 0.808. The molecular formula is C8H7F3O3S. The van der Waals surface area contributed by atoms with E-state index >= 15 is 0 Å². The van der Waals surface area contributed by atoms with E-state index in [9.17, 15) is 17.4 Å². The Morgan fingerprint density at radius 3 is 2.27 bits per heavy atom. The van der Waals surface area contributed by atoms with Crippen molar-refractivity contribution in [2.45, 2.75) is 6.92 Å². The Balaban J connectivity index is 2.90. The van der Waals surface area contributed by atoms with Crippen molar-refractivity contribution in [2.75, 3.05) is 6.61 Å². The van der Waals surface area contributed by atoms with E-state index in [2.05, 4.69) is 8.37 Å². The van der Waals surface area contributed by atoms with Crippen molar-refractivity contribution in [1.29, 1.82) is 0 Å². The SMILES string of the molecule is CCOS(=O)Oc1c(F)cc(F)cc1F. The van der Waals surface area contributed by atoms with Gasteiger partial charge in [-0.05, 0) is 6.92 Å². The van der Waals surface area contributed by atoms with Gasteiger partial charge in [0.15, 0.2) is 11.6 Å². The molecular weight excluding hydrogens is 233 g/mol. The maximum absolute atomic E-state index is 12.9. The van der Waals surface area contributed by atoms with Crippen LogP contribution in [0.25, 0.3) is 0 Å². The minimum Gasteiger partial charge on any atom is -0.374 e. The van der Waals surface area contributed by atoms with Crippen molar-refractivity contribution in [1.82, 2.24) is 0 Å². The average molecular weight is 240 g/mol. The largest absolute Gasteiger partial charge is 0.374 e. The van der Waals surface area contributed by atoms with E-state index < -0.39 is 34.6 Å². The second kappa shape index (κ2) is 5.13. The summed E-state index contributed by atoms with van der Waals surface area (Å²) >= 11 is -2.30. The summed E-state index contributed by atoms with van der Waals surface area (Å²) in [6.45, 7) is 1.58. The Kier molecular flexibility index (Phi) is 4.10. The Bertz CT molecular complexity index is 360. The van der Waals surface area contributed by atoms with Crippen LogP contribution < -0.4 is 4.18 Å². The molecule has 0 radical (unpaired) electrons. The molecule has 0 spiro atoms. The zero-order valence-corrected chi connectivity index (χ0v) is 8.45. The summed E-state index contributed by atoms with van der Waals surface area (Å²) in [4.78, 5) is 0. The Labute approximate surface area is 86.7 Å². The van der Waals surface area contributed by atoms with Crippen molar-refractivity contribution in [3.63, 3.8) is 0 Å². The first-order chi connectivity index (χ1) is 7.04. The molecule has 0 aliphatic heterocycles. The molecule has 1 unspecified atom stereocenters. The lowest BCUT2D eigenvalue weighted by atomic mass is 10.3. The fraction of sp³-hybridized carbons (Fsp3) is 0.250. The maximum atomic E-state index is 12.9. The molecule has 0 saturated carbocycles. The topological polar surface area (TPSA) is 35.5 Å². The van der Waals surface area contributed by atoms with Gasteiger partial charge in [0.25, 0.3) is 0 Å². The molecule has 7 heteroatoms. The van der Waals surface area contributed by atoms with Gasteiger partial charge in [-0.15, -0.1) is 0 Å². The van der Waals surface area contributed by atoms with Crippen LogP contribution in [0.2, 0.25) is 0 Å². The van der Waals surface area contributed by atoms with Crippen LogP contribution in [-0.2, 0) is 15.5 Å². The lowest BCUT2D eigenvalue weighted by Crippen LogP contribution is -2.07. The van der Waals surface area contributed by atoms with Crippen molar-refractivity contribution >= 4 is 11.4 Å². The number of hydrogen-bond donors (Lipinski definition) is 0. The van der Waals surface area contributed by atoms with Crippen molar-refractivity contribution < 1.29 is 25.7 Å². The van der Waals surface area contributed by atoms with Gasteiger partial charge in [-0.25, -0.2) is 13.2 Å². The van der Waals surface area contributed by atoms with E-state index in [1.807, 2.05) is 0 Å². The van der Waals surface area contributed by atoms with E-state index in [1.54, 1.807) is 0 Å². The highest BCUT2D eigenvalue weighted by molar-refractivity contribution is 7.75. The van der Waals surface area contributed by atoms with Gasteiger partial charge in [-0.1, -0.05) is 0 Å². The third kappa shape index (κ3) is 3.21. The van der Waals surface area contributed by atoms with Crippen LogP contribution in [0.3, 0.4) is 0 Å². The third-order valence-corrected chi connectivity index (χ3v) is 2.06. The zero-order valence-electron chi connectivity index (χ0n) is 7.63. The minimum absolute atomic E-state index is 0.0526. The van der Waals surface area contributed by atoms with Gasteiger partial charge >= 0.3 is 11.4 Å². The predicted molar refractivity (Wildman–Crippen MR) is 46.7 cm³/mol. The zero-order chi connectivity index (χ0) is 11.4. The first-order valence-electron chi connectivity index (χ1n) is 3.92. The molecule has 0 heterocycles. The van der Waals surface area contributed by atoms with Crippen molar-refractivity contribution in [2.24, 2.45) is 0 Å². The van der Waals surface area contributed by atoms with Crippen molar-refractivity contribution in [3.8, 4) is 5.75 Å². The Hall–Kier alpha value is -1.08. The summed E-state index contributed by atoms with van der Waals surface area (Å²) < 4.78 is 57.8. The van der Waals surface area contributed by atoms with Gasteiger partial charge in [0, 0.05) is 12.1 Å². The van der Waals surface area contributed by atoms with E-state index in [1.165, 1.54) is 6.92 Å². The van der Waals surface area contributed by atoms with Crippen LogP contribution in [0.4, 0.5) is 13.2 Å². The molecule has 0 bridgehead atoms. The van der Waals surface area contributed by atoms with E-state index in [0.717, 1.165) is 0 Å². The molecule has 1 aromatic carbocycles. The molecule has 0 aliphatic rings. The van der Waals surface area contributed by atoms with Crippen LogP contribution in [-0.4, -0.2) is 10.8 Å². The van der Waals surface area contributed by atoms with Gasteiger partial charge < -0.3 is 4.18 Å². The van der Waals surface area contributed by atoms with Crippen LogP contribution >= 0.6 is 0 Å². The summed E-state index contributed by atoms with van der Waals surface area (Å²) in [5.41, 5.74) is 0. The number of benzene rings is 1. The van der Waals surface area contributed by atoms with E-state index in [-0.39, 0.29) is 6.61 Å². The molecule has 0 fully saturated rings. The number of hydrogen-bond acceptors (Lipinski definition) is 3. The highest BCUT2D eigenvalue weighted by atomic mass is 32.2. The summed E-state index contributed by atoms with van der Waals surface area (Å²) in [7, 11) is 0. The molecule has 1 rings (SSSR count). The maximum Gasteiger partial charge on any atom is 0.360 e. The summed E-state index contributed by atoms with van der Waals surface area (Å²) in [6, 6.07) is 0.836. The van der Waals surface area contributed by atoms with Gasteiger partial charge in [0.1, 0.15) is 5.82 Å². The molecule has 1 atom stereocenters. The first-order valence-corrected chi connectivity index (χ1v) is 4.92. The van der Waals surface area contributed by atoms with Gasteiger partial charge in [0.05, 0.1) is 6.61 Å². The van der Waals surface area contributed by atoms with E-state index in [4.69, 9.17) is 0 Å². The Morgan fingerprint density at radius 1 is 1.27 bits per heavy atom.